The summed E-state index contributed by atoms with van der Waals surface area (Å²) in [7, 11) is 0. The number of rotatable bonds is 5. The third-order valence-corrected chi connectivity index (χ3v) is 3.80. The number of hydrogen-bond acceptors (Lipinski definition) is 1. The first-order chi connectivity index (χ1) is 9.55. The van der Waals surface area contributed by atoms with Crippen LogP contribution in [0.4, 0.5) is 8.78 Å². The standard InChI is InChI=1S/C16H21F2NO/c1-2-3-6-13-7-9-14(10-8-13)16(17,18)15(20)19-11-4-5-12-19/h7-10H,2-6,11-12H2,1H3. The second-order valence-corrected chi connectivity index (χ2v) is 5.37. The molecular formula is C16H21F2NO. The Morgan fingerprint density at radius 1 is 1.20 bits per heavy atom. The maximum atomic E-state index is 14.2. The predicted octanol–water partition coefficient (Wildman–Crippen LogP) is 3.74. The van der Waals surface area contributed by atoms with Gasteiger partial charge in [0, 0.05) is 18.7 Å². The molecule has 1 aromatic rings. The van der Waals surface area contributed by atoms with E-state index in [1.54, 1.807) is 12.1 Å². The van der Waals surface area contributed by atoms with Gasteiger partial charge in [0.2, 0.25) is 0 Å². The lowest BCUT2D eigenvalue weighted by Gasteiger charge is -2.23. The summed E-state index contributed by atoms with van der Waals surface area (Å²) in [4.78, 5) is 13.2. The number of hydrogen-bond donors (Lipinski definition) is 0. The molecule has 1 aliphatic heterocycles. The first-order valence-electron chi connectivity index (χ1n) is 7.32. The molecule has 0 aliphatic carbocycles. The largest absolute Gasteiger partial charge is 0.349 e. The highest BCUT2D eigenvalue weighted by Crippen LogP contribution is 2.31. The van der Waals surface area contributed by atoms with E-state index in [4.69, 9.17) is 0 Å². The first kappa shape index (κ1) is 14.9. The fourth-order valence-corrected chi connectivity index (χ4v) is 2.50. The molecule has 0 unspecified atom stereocenters. The molecule has 0 aromatic heterocycles. The van der Waals surface area contributed by atoms with Crippen LogP contribution >= 0.6 is 0 Å². The van der Waals surface area contributed by atoms with Gasteiger partial charge in [-0.15, -0.1) is 0 Å². The number of amides is 1. The van der Waals surface area contributed by atoms with Crippen LogP contribution < -0.4 is 0 Å². The fraction of sp³-hybridized carbons (Fsp3) is 0.562. The van der Waals surface area contributed by atoms with Crippen molar-refractivity contribution in [3.63, 3.8) is 0 Å². The van der Waals surface area contributed by atoms with Crippen LogP contribution in [0.15, 0.2) is 24.3 Å². The van der Waals surface area contributed by atoms with Gasteiger partial charge >= 0.3 is 5.92 Å². The van der Waals surface area contributed by atoms with Gasteiger partial charge < -0.3 is 4.90 Å². The van der Waals surface area contributed by atoms with E-state index in [0.717, 1.165) is 37.7 Å². The lowest BCUT2D eigenvalue weighted by molar-refractivity contribution is -0.157. The number of carbonyl (C=O) groups excluding carboxylic acids is 1. The van der Waals surface area contributed by atoms with Crippen molar-refractivity contribution in [1.29, 1.82) is 0 Å². The van der Waals surface area contributed by atoms with Gasteiger partial charge in [-0.05, 0) is 31.2 Å². The summed E-state index contributed by atoms with van der Waals surface area (Å²) >= 11 is 0. The molecule has 1 heterocycles. The monoisotopic (exact) mass is 281 g/mol. The number of halogens is 2. The predicted molar refractivity (Wildman–Crippen MR) is 74.8 cm³/mol. The first-order valence-corrected chi connectivity index (χ1v) is 7.32. The molecule has 1 aromatic carbocycles. The Morgan fingerprint density at radius 3 is 2.35 bits per heavy atom. The zero-order valence-corrected chi connectivity index (χ0v) is 11.9. The van der Waals surface area contributed by atoms with Crippen molar-refractivity contribution in [2.45, 2.75) is 45.0 Å². The van der Waals surface area contributed by atoms with Crippen LogP contribution in [0.2, 0.25) is 0 Å². The Balaban J connectivity index is 2.09. The molecule has 1 saturated heterocycles. The van der Waals surface area contributed by atoms with E-state index >= 15 is 0 Å². The minimum Gasteiger partial charge on any atom is -0.337 e. The van der Waals surface area contributed by atoms with E-state index in [0.29, 0.717) is 13.1 Å². The minimum atomic E-state index is -3.41. The van der Waals surface area contributed by atoms with Crippen LogP contribution in [0.3, 0.4) is 0 Å². The van der Waals surface area contributed by atoms with Gasteiger partial charge in [0.1, 0.15) is 0 Å². The summed E-state index contributed by atoms with van der Waals surface area (Å²) in [6, 6.07) is 6.18. The number of likely N-dealkylation sites (tertiary alicyclic amines) is 1. The lowest BCUT2D eigenvalue weighted by Crippen LogP contribution is -2.40. The second kappa shape index (κ2) is 6.33. The Labute approximate surface area is 118 Å². The Kier molecular flexibility index (Phi) is 4.73. The number of carbonyl (C=O) groups is 1. The topological polar surface area (TPSA) is 20.3 Å². The average Bonchev–Trinajstić information content (AvgIpc) is 2.98. The molecule has 0 bridgehead atoms. The highest BCUT2D eigenvalue weighted by atomic mass is 19.3. The van der Waals surface area contributed by atoms with E-state index in [9.17, 15) is 13.6 Å². The number of unbranched alkanes of at least 4 members (excludes halogenated alkanes) is 1. The van der Waals surface area contributed by atoms with Crippen LogP contribution in [-0.4, -0.2) is 23.9 Å². The zero-order valence-electron chi connectivity index (χ0n) is 11.9. The summed E-state index contributed by atoms with van der Waals surface area (Å²) < 4.78 is 28.4. The van der Waals surface area contributed by atoms with Crippen LogP contribution in [0, 0.1) is 0 Å². The fourth-order valence-electron chi connectivity index (χ4n) is 2.50. The summed E-state index contributed by atoms with van der Waals surface area (Å²) in [6.45, 7) is 2.99. The van der Waals surface area contributed by atoms with Crippen molar-refractivity contribution in [2.75, 3.05) is 13.1 Å². The summed E-state index contributed by atoms with van der Waals surface area (Å²) in [5.74, 6) is -4.47. The van der Waals surface area contributed by atoms with Crippen molar-refractivity contribution < 1.29 is 13.6 Å². The molecule has 0 radical (unpaired) electrons. The molecule has 0 saturated carbocycles. The third kappa shape index (κ3) is 3.17. The molecule has 4 heteroatoms. The lowest BCUT2D eigenvalue weighted by atomic mass is 10.0. The number of aryl methyl sites for hydroxylation is 1. The molecule has 1 fully saturated rings. The van der Waals surface area contributed by atoms with Crippen molar-refractivity contribution in [1.82, 2.24) is 4.90 Å². The normalized spacial score (nSPS) is 15.7. The van der Waals surface area contributed by atoms with E-state index in [1.165, 1.54) is 17.0 Å². The van der Waals surface area contributed by atoms with Crippen molar-refractivity contribution in [2.24, 2.45) is 0 Å². The van der Waals surface area contributed by atoms with Crippen molar-refractivity contribution in [3.05, 3.63) is 35.4 Å². The van der Waals surface area contributed by atoms with Crippen LogP contribution in [0.5, 0.6) is 0 Å². The van der Waals surface area contributed by atoms with Gasteiger partial charge in [0.05, 0.1) is 0 Å². The number of nitrogens with zero attached hydrogens (tertiary/aromatic N) is 1. The third-order valence-electron chi connectivity index (χ3n) is 3.80. The number of alkyl halides is 2. The van der Waals surface area contributed by atoms with Gasteiger partial charge in [0.25, 0.3) is 5.91 Å². The minimum absolute atomic E-state index is 0.199. The molecule has 0 N–H and O–H groups in total. The highest BCUT2D eigenvalue weighted by Gasteiger charge is 2.44. The van der Waals surface area contributed by atoms with Crippen molar-refractivity contribution in [3.8, 4) is 0 Å². The second-order valence-electron chi connectivity index (χ2n) is 5.37. The zero-order chi connectivity index (χ0) is 14.6. The van der Waals surface area contributed by atoms with Gasteiger partial charge in [-0.25, -0.2) is 0 Å². The Morgan fingerprint density at radius 2 is 1.80 bits per heavy atom. The summed E-state index contributed by atoms with van der Waals surface area (Å²) in [5.41, 5.74) is 0.842. The number of benzene rings is 1. The molecule has 2 nitrogen and oxygen atoms in total. The maximum Gasteiger partial charge on any atom is 0.349 e. The molecule has 0 atom stereocenters. The molecule has 1 amide bonds. The van der Waals surface area contributed by atoms with Gasteiger partial charge in [-0.2, -0.15) is 8.78 Å². The molecule has 110 valence electrons. The molecular weight excluding hydrogens is 260 g/mol. The Bertz CT molecular complexity index is 450. The van der Waals surface area contributed by atoms with Gasteiger partial charge in [-0.3, -0.25) is 4.79 Å². The molecule has 1 aliphatic rings. The highest BCUT2D eigenvalue weighted by molar-refractivity contribution is 5.85. The SMILES string of the molecule is CCCCc1ccc(C(F)(F)C(=O)N2CCCC2)cc1. The van der Waals surface area contributed by atoms with E-state index in [2.05, 4.69) is 6.92 Å². The molecule has 0 spiro atoms. The summed E-state index contributed by atoms with van der Waals surface area (Å²) in [5, 5.41) is 0. The van der Waals surface area contributed by atoms with Crippen LogP contribution in [0.1, 0.15) is 43.7 Å². The van der Waals surface area contributed by atoms with Crippen LogP contribution in [0.25, 0.3) is 0 Å². The van der Waals surface area contributed by atoms with E-state index < -0.39 is 11.8 Å². The summed E-state index contributed by atoms with van der Waals surface area (Å²) in [6.07, 6.45) is 4.64. The van der Waals surface area contributed by atoms with E-state index in [1.807, 2.05) is 0 Å². The van der Waals surface area contributed by atoms with Gasteiger partial charge in [0.15, 0.2) is 0 Å². The smallest absolute Gasteiger partial charge is 0.337 e. The van der Waals surface area contributed by atoms with Crippen molar-refractivity contribution >= 4 is 5.91 Å². The molecule has 20 heavy (non-hydrogen) atoms. The Hall–Kier alpha value is -1.45. The van der Waals surface area contributed by atoms with E-state index in [-0.39, 0.29) is 5.56 Å². The van der Waals surface area contributed by atoms with Crippen LogP contribution in [-0.2, 0) is 17.1 Å². The average molecular weight is 281 g/mol. The van der Waals surface area contributed by atoms with Gasteiger partial charge in [-0.1, -0.05) is 37.6 Å². The maximum absolute atomic E-state index is 14.2. The quantitative estimate of drug-likeness (QED) is 0.805. The molecule has 2 rings (SSSR count).